The molecule has 0 saturated carbocycles. The Balaban J connectivity index is 1.21. The Morgan fingerprint density at radius 2 is 1.70 bits per heavy atom. The quantitative estimate of drug-likeness (QED) is 0.243. The number of hydrogen-bond acceptors (Lipinski definition) is 8. The highest BCUT2D eigenvalue weighted by Crippen LogP contribution is 2.26. The predicted octanol–water partition coefficient (Wildman–Crippen LogP) is 6.78. The van der Waals surface area contributed by atoms with Crippen LogP contribution in [0.3, 0.4) is 0 Å². The summed E-state index contributed by atoms with van der Waals surface area (Å²) in [6.45, 7) is 2.01. The van der Waals surface area contributed by atoms with Gasteiger partial charge in [-0.2, -0.15) is 5.11 Å². The summed E-state index contributed by atoms with van der Waals surface area (Å²) in [4.78, 5) is 16.7. The van der Waals surface area contributed by atoms with Gasteiger partial charge in [-0.15, -0.1) is 5.11 Å². The molecule has 3 aromatic heterocycles. The average molecular weight is 492 g/mol. The van der Waals surface area contributed by atoms with Crippen LogP contribution in [0.2, 0.25) is 0 Å². The number of aromatic nitrogens is 4. The van der Waals surface area contributed by atoms with E-state index in [0.717, 1.165) is 28.7 Å². The van der Waals surface area contributed by atoms with Crippen LogP contribution in [-0.2, 0) is 6.54 Å². The molecular weight excluding hydrogens is 469 g/mol. The molecule has 2 aromatic carbocycles. The highest BCUT2D eigenvalue weighted by Gasteiger charge is 2.12. The highest BCUT2D eigenvalue weighted by molar-refractivity contribution is 5.69. The van der Waals surface area contributed by atoms with Crippen LogP contribution >= 0.6 is 0 Å². The van der Waals surface area contributed by atoms with Crippen LogP contribution in [0.1, 0.15) is 11.4 Å². The molecule has 3 heterocycles. The van der Waals surface area contributed by atoms with E-state index in [1.165, 1.54) is 0 Å². The third kappa shape index (κ3) is 5.79. The molecule has 37 heavy (non-hydrogen) atoms. The van der Waals surface area contributed by atoms with Gasteiger partial charge in [0.25, 0.3) is 5.95 Å². The van der Waals surface area contributed by atoms with Gasteiger partial charge in [-0.1, -0.05) is 24.3 Å². The number of azo groups is 1. The topological polar surface area (TPSA) is 109 Å². The van der Waals surface area contributed by atoms with Crippen LogP contribution in [-0.4, -0.2) is 25.0 Å². The fourth-order valence-electron chi connectivity index (χ4n) is 3.69. The zero-order valence-corrected chi connectivity index (χ0v) is 19.9. The number of nitrogens with one attached hydrogen (secondary N) is 1. The third-order valence-electron chi connectivity index (χ3n) is 5.56. The Labute approximate surface area is 212 Å². The Hall–Kier alpha value is -5.05. The van der Waals surface area contributed by atoms with Gasteiger partial charge < -0.3 is 10.4 Å². The number of rotatable bonds is 7. The number of pyridine rings is 2. The van der Waals surface area contributed by atoms with E-state index in [9.17, 15) is 9.50 Å². The van der Waals surface area contributed by atoms with Crippen molar-refractivity contribution in [3.05, 3.63) is 109 Å². The first-order valence-corrected chi connectivity index (χ1v) is 11.5. The lowest BCUT2D eigenvalue weighted by atomic mass is 10.1. The van der Waals surface area contributed by atoms with Gasteiger partial charge in [-0.25, -0.2) is 14.4 Å². The van der Waals surface area contributed by atoms with Gasteiger partial charge in [0.05, 0.1) is 23.8 Å². The fourth-order valence-corrected chi connectivity index (χ4v) is 3.69. The van der Waals surface area contributed by atoms with E-state index in [4.69, 9.17) is 0 Å². The summed E-state index contributed by atoms with van der Waals surface area (Å²) in [5.74, 6) is -0.249. The van der Waals surface area contributed by atoms with Crippen molar-refractivity contribution in [3.63, 3.8) is 0 Å². The minimum absolute atomic E-state index is 0.0621. The number of phenolic OH excluding ortho intramolecular Hbond substituents is 1. The Kier molecular flexibility index (Phi) is 6.84. The first-order valence-electron chi connectivity index (χ1n) is 11.5. The third-order valence-corrected chi connectivity index (χ3v) is 5.56. The van der Waals surface area contributed by atoms with Crippen LogP contribution in [0.25, 0.3) is 22.4 Å². The maximum absolute atomic E-state index is 14.3. The molecule has 5 aromatic rings. The van der Waals surface area contributed by atoms with Crippen molar-refractivity contribution < 1.29 is 9.50 Å². The average Bonchev–Trinajstić information content (AvgIpc) is 2.91. The van der Waals surface area contributed by atoms with Crippen molar-refractivity contribution >= 4 is 17.3 Å². The second-order valence-corrected chi connectivity index (χ2v) is 8.19. The number of hydrogen-bond donors (Lipinski definition) is 2. The standard InChI is InChI=1S/C28H22FN7O/c1-18-25(6-3-13-30-18)27-26(29)17-32-28(35-27)36-33-16-22-11-12-23(15-31-22)34-21-9-7-19(8-10-21)20-4-2-5-24(37)14-20/h2-15,17,34,37H,16H2,1H3. The van der Waals surface area contributed by atoms with Crippen LogP contribution in [0, 0.1) is 12.7 Å². The summed E-state index contributed by atoms with van der Waals surface area (Å²) in [6, 6.07) is 22.3. The number of benzene rings is 2. The van der Waals surface area contributed by atoms with Crippen LogP contribution < -0.4 is 5.32 Å². The van der Waals surface area contributed by atoms with E-state index in [1.54, 1.807) is 43.6 Å². The number of anilines is 2. The van der Waals surface area contributed by atoms with Gasteiger partial charge >= 0.3 is 0 Å². The van der Waals surface area contributed by atoms with Crippen molar-refractivity contribution in [2.75, 3.05) is 5.32 Å². The monoisotopic (exact) mass is 491 g/mol. The second-order valence-electron chi connectivity index (χ2n) is 8.19. The van der Waals surface area contributed by atoms with Crippen LogP contribution in [0.5, 0.6) is 5.75 Å². The Morgan fingerprint density at radius 1 is 0.865 bits per heavy atom. The molecule has 0 spiro atoms. The lowest BCUT2D eigenvalue weighted by Gasteiger charge is -2.08. The van der Waals surface area contributed by atoms with E-state index in [2.05, 4.69) is 35.5 Å². The zero-order valence-electron chi connectivity index (χ0n) is 19.9. The number of aryl methyl sites for hydroxylation is 1. The molecule has 0 aliphatic heterocycles. The number of nitrogens with zero attached hydrogens (tertiary/aromatic N) is 6. The number of aromatic hydroxyl groups is 1. The minimum atomic E-state index is -0.547. The van der Waals surface area contributed by atoms with Crippen molar-refractivity contribution in [1.82, 2.24) is 19.9 Å². The lowest BCUT2D eigenvalue weighted by molar-refractivity contribution is 0.475. The van der Waals surface area contributed by atoms with E-state index in [0.29, 0.717) is 17.0 Å². The van der Waals surface area contributed by atoms with E-state index in [-0.39, 0.29) is 23.9 Å². The SMILES string of the molecule is Cc1ncccc1-c1nc(N=NCc2ccc(Nc3ccc(-c4cccc(O)c4)cc3)cn2)ncc1F. The molecule has 0 aliphatic rings. The molecule has 0 atom stereocenters. The molecule has 5 rings (SSSR count). The van der Waals surface area contributed by atoms with Crippen molar-refractivity contribution in [2.45, 2.75) is 13.5 Å². The summed E-state index contributed by atoms with van der Waals surface area (Å²) < 4.78 is 14.3. The van der Waals surface area contributed by atoms with E-state index in [1.807, 2.05) is 48.5 Å². The normalized spacial score (nSPS) is 11.1. The smallest absolute Gasteiger partial charge is 0.269 e. The van der Waals surface area contributed by atoms with E-state index >= 15 is 0 Å². The molecular formula is C28H22FN7O. The van der Waals surface area contributed by atoms with Gasteiger partial charge in [0.2, 0.25) is 0 Å². The molecule has 0 radical (unpaired) electrons. The van der Waals surface area contributed by atoms with E-state index < -0.39 is 5.82 Å². The Bertz CT molecular complexity index is 1550. The number of halogens is 1. The predicted molar refractivity (Wildman–Crippen MR) is 139 cm³/mol. The van der Waals surface area contributed by atoms with Gasteiger partial charge in [-0.05, 0) is 66.6 Å². The molecule has 0 bridgehead atoms. The highest BCUT2D eigenvalue weighted by atomic mass is 19.1. The molecule has 182 valence electrons. The van der Waals surface area contributed by atoms with Gasteiger partial charge in [0.1, 0.15) is 18.0 Å². The molecule has 9 heteroatoms. The first-order chi connectivity index (χ1) is 18.0. The summed E-state index contributed by atoms with van der Waals surface area (Å²) in [7, 11) is 0. The summed E-state index contributed by atoms with van der Waals surface area (Å²) in [5.41, 5.74) is 5.77. The largest absolute Gasteiger partial charge is 0.508 e. The lowest BCUT2D eigenvalue weighted by Crippen LogP contribution is -1.95. The fraction of sp³-hybridized carbons (Fsp3) is 0.0714. The van der Waals surface area contributed by atoms with Gasteiger partial charge in [0.15, 0.2) is 5.82 Å². The van der Waals surface area contributed by atoms with Crippen molar-refractivity contribution in [2.24, 2.45) is 10.2 Å². The zero-order chi connectivity index (χ0) is 25.6. The first kappa shape index (κ1) is 23.7. The van der Waals surface area contributed by atoms with Crippen LogP contribution in [0.15, 0.2) is 102 Å². The summed E-state index contributed by atoms with van der Waals surface area (Å²) >= 11 is 0. The molecule has 0 unspecified atom stereocenters. The summed E-state index contributed by atoms with van der Waals surface area (Å²) in [6.07, 6.45) is 4.44. The molecule has 0 aliphatic carbocycles. The molecule has 2 N–H and O–H groups in total. The maximum atomic E-state index is 14.3. The Morgan fingerprint density at radius 3 is 2.46 bits per heavy atom. The molecule has 0 saturated heterocycles. The molecule has 8 nitrogen and oxygen atoms in total. The number of phenols is 1. The van der Waals surface area contributed by atoms with Crippen LogP contribution in [0.4, 0.5) is 21.7 Å². The molecule has 0 amide bonds. The second kappa shape index (κ2) is 10.7. The van der Waals surface area contributed by atoms with Gasteiger partial charge in [0, 0.05) is 23.1 Å². The molecule has 0 fully saturated rings. The van der Waals surface area contributed by atoms with Crippen molar-refractivity contribution in [1.29, 1.82) is 0 Å². The van der Waals surface area contributed by atoms with Crippen molar-refractivity contribution in [3.8, 4) is 28.1 Å². The summed E-state index contributed by atoms with van der Waals surface area (Å²) in [5, 5.41) is 21.1. The minimum Gasteiger partial charge on any atom is -0.508 e. The van der Waals surface area contributed by atoms with Gasteiger partial charge in [-0.3, -0.25) is 9.97 Å². The maximum Gasteiger partial charge on any atom is 0.269 e.